The number of aryl methyl sites for hydroxylation is 1. The molecule has 0 saturated carbocycles. The third kappa shape index (κ3) is 6.29. The molecule has 0 bridgehead atoms. The Morgan fingerprint density at radius 1 is 0.920 bits per heavy atom. The van der Waals surface area contributed by atoms with Crippen molar-refractivity contribution in [2.75, 3.05) is 6.61 Å². The summed E-state index contributed by atoms with van der Waals surface area (Å²) < 4.78 is 5.13. The normalized spacial score (nSPS) is 10.6. The van der Waals surface area contributed by atoms with Gasteiger partial charge < -0.3 is 4.74 Å². The van der Waals surface area contributed by atoms with Crippen molar-refractivity contribution < 1.29 is 9.53 Å². The second kappa shape index (κ2) is 10.6. The minimum atomic E-state index is -0.285. The average molecular weight is 340 g/mol. The van der Waals surface area contributed by atoms with Crippen molar-refractivity contribution >= 4 is 5.97 Å². The molecule has 4 heteroatoms. The number of benzene rings is 1. The van der Waals surface area contributed by atoms with Crippen molar-refractivity contribution in [3.8, 4) is 11.4 Å². The van der Waals surface area contributed by atoms with Gasteiger partial charge in [-0.1, -0.05) is 51.7 Å². The third-order valence-electron chi connectivity index (χ3n) is 4.09. The Balaban J connectivity index is 1.89. The molecule has 0 aliphatic heterocycles. The van der Waals surface area contributed by atoms with Crippen LogP contribution in [0.2, 0.25) is 0 Å². The lowest BCUT2D eigenvalue weighted by atomic mass is 10.1. The first kappa shape index (κ1) is 19.1. The van der Waals surface area contributed by atoms with Gasteiger partial charge in [0.05, 0.1) is 12.2 Å². The number of ether oxygens (including phenoxy) is 1. The number of unbranched alkanes of at least 4 members (excludes halogenated alkanes) is 4. The van der Waals surface area contributed by atoms with Crippen LogP contribution in [0.5, 0.6) is 0 Å². The SMILES string of the molecule is CCCCCCCc1cnc(-c2ccc(C(=O)OCCC)cc2)nc1. The van der Waals surface area contributed by atoms with Crippen molar-refractivity contribution in [1.82, 2.24) is 9.97 Å². The largest absolute Gasteiger partial charge is 0.462 e. The summed E-state index contributed by atoms with van der Waals surface area (Å²) in [7, 11) is 0. The number of hydrogen-bond acceptors (Lipinski definition) is 4. The molecular formula is C21H28N2O2. The topological polar surface area (TPSA) is 52.1 Å². The molecule has 4 nitrogen and oxygen atoms in total. The van der Waals surface area contributed by atoms with Crippen LogP contribution in [0.4, 0.5) is 0 Å². The first-order chi connectivity index (χ1) is 12.2. The van der Waals surface area contributed by atoms with Crippen LogP contribution >= 0.6 is 0 Å². The standard InChI is InChI=1S/C21H28N2O2/c1-3-5-6-7-8-9-17-15-22-20(23-16-17)18-10-12-19(13-11-18)21(24)25-14-4-2/h10-13,15-16H,3-9,14H2,1-2H3. The van der Waals surface area contributed by atoms with Crippen LogP contribution in [0.15, 0.2) is 36.7 Å². The molecule has 0 spiro atoms. The Morgan fingerprint density at radius 3 is 2.24 bits per heavy atom. The zero-order valence-corrected chi connectivity index (χ0v) is 15.3. The summed E-state index contributed by atoms with van der Waals surface area (Å²) in [5.41, 5.74) is 2.64. The van der Waals surface area contributed by atoms with E-state index in [0.717, 1.165) is 18.4 Å². The molecule has 1 aromatic heterocycles. The van der Waals surface area contributed by atoms with Crippen LogP contribution in [0.1, 0.15) is 68.3 Å². The fraction of sp³-hybridized carbons (Fsp3) is 0.476. The zero-order chi connectivity index (χ0) is 17.9. The maximum Gasteiger partial charge on any atom is 0.338 e. The van der Waals surface area contributed by atoms with E-state index in [1.54, 1.807) is 12.1 Å². The van der Waals surface area contributed by atoms with Gasteiger partial charge in [-0.3, -0.25) is 0 Å². The van der Waals surface area contributed by atoms with Crippen LogP contribution in [0.25, 0.3) is 11.4 Å². The predicted octanol–water partition coefficient (Wildman–Crippen LogP) is 5.22. The Bertz CT molecular complexity index is 636. The van der Waals surface area contributed by atoms with E-state index >= 15 is 0 Å². The molecule has 0 aliphatic rings. The van der Waals surface area contributed by atoms with Crippen LogP contribution < -0.4 is 0 Å². The van der Waals surface area contributed by atoms with E-state index in [4.69, 9.17) is 4.74 Å². The molecule has 2 rings (SSSR count). The van der Waals surface area contributed by atoms with E-state index in [-0.39, 0.29) is 5.97 Å². The van der Waals surface area contributed by atoms with E-state index in [9.17, 15) is 4.79 Å². The summed E-state index contributed by atoms with van der Waals surface area (Å²) in [4.78, 5) is 20.7. The summed E-state index contributed by atoms with van der Waals surface area (Å²) in [5.74, 6) is 0.399. The van der Waals surface area contributed by atoms with Crippen molar-refractivity contribution in [3.05, 3.63) is 47.8 Å². The molecular weight excluding hydrogens is 312 g/mol. The number of aromatic nitrogens is 2. The number of hydrogen-bond donors (Lipinski definition) is 0. The molecule has 0 saturated heterocycles. The van der Waals surface area contributed by atoms with E-state index in [1.165, 1.54) is 37.7 Å². The van der Waals surface area contributed by atoms with Crippen molar-refractivity contribution in [2.24, 2.45) is 0 Å². The number of esters is 1. The van der Waals surface area contributed by atoms with Crippen LogP contribution in [0.3, 0.4) is 0 Å². The number of carbonyl (C=O) groups excluding carboxylic acids is 1. The zero-order valence-electron chi connectivity index (χ0n) is 15.3. The van der Waals surface area contributed by atoms with E-state index in [2.05, 4.69) is 16.9 Å². The highest BCUT2D eigenvalue weighted by Gasteiger charge is 2.08. The van der Waals surface area contributed by atoms with Crippen LogP contribution in [-0.4, -0.2) is 22.5 Å². The van der Waals surface area contributed by atoms with Gasteiger partial charge >= 0.3 is 5.97 Å². The van der Waals surface area contributed by atoms with Gasteiger partial charge in [0.2, 0.25) is 0 Å². The molecule has 1 heterocycles. The molecule has 2 aromatic rings. The summed E-state index contributed by atoms with van der Waals surface area (Å²) >= 11 is 0. The molecule has 0 unspecified atom stereocenters. The number of rotatable bonds is 10. The lowest BCUT2D eigenvalue weighted by molar-refractivity contribution is 0.0505. The Hall–Kier alpha value is -2.23. The molecule has 0 amide bonds. The number of carbonyl (C=O) groups is 1. The minimum Gasteiger partial charge on any atom is -0.462 e. The lowest BCUT2D eigenvalue weighted by Crippen LogP contribution is -2.05. The first-order valence-corrected chi connectivity index (χ1v) is 9.33. The summed E-state index contributed by atoms with van der Waals surface area (Å²) in [6.45, 7) is 4.65. The van der Waals surface area contributed by atoms with E-state index in [1.807, 2.05) is 31.5 Å². The second-order valence-corrected chi connectivity index (χ2v) is 6.29. The van der Waals surface area contributed by atoms with Crippen LogP contribution in [-0.2, 0) is 11.2 Å². The van der Waals surface area contributed by atoms with Gasteiger partial charge in [-0.15, -0.1) is 0 Å². The van der Waals surface area contributed by atoms with E-state index < -0.39 is 0 Å². The van der Waals surface area contributed by atoms with Gasteiger partial charge in [0.25, 0.3) is 0 Å². The molecule has 0 radical (unpaired) electrons. The van der Waals surface area contributed by atoms with Gasteiger partial charge in [0.15, 0.2) is 5.82 Å². The average Bonchev–Trinajstić information content (AvgIpc) is 2.66. The highest BCUT2D eigenvalue weighted by molar-refractivity contribution is 5.89. The van der Waals surface area contributed by atoms with Gasteiger partial charge in [0, 0.05) is 18.0 Å². The fourth-order valence-electron chi connectivity index (χ4n) is 2.60. The molecule has 1 aromatic carbocycles. The van der Waals surface area contributed by atoms with Gasteiger partial charge in [-0.25, -0.2) is 14.8 Å². The van der Waals surface area contributed by atoms with Crippen molar-refractivity contribution in [3.63, 3.8) is 0 Å². The number of nitrogens with zero attached hydrogens (tertiary/aromatic N) is 2. The Morgan fingerprint density at radius 2 is 1.60 bits per heavy atom. The maximum atomic E-state index is 11.8. The molecule has 0 N–H and O–H groups in total. The third-order valence-corrected chi connectivity index (χ3v) is 4.09. The Kier molecular flexibility index (Phi) is 8.10. The van der Waals surface area contributed by atoms with Crippen LogP contribution in [0, 0.1) is 0 Å². The second-order valence-electron chi connectivity index (χ2n) is 6.29. The minimum absolute atomic E-state index is 0.285. The highest BCUT2D eigenvalue weighted by atomic mass is 16.5. The van der Waals surface area contributed by atoms with Gasteiger partial charge in [-0.05, 0) is 37.0 Å². The monoisotopic (exact) mass is 340 g/mol. The fourth-order valence-corrected chi connectivity index (χ4v) is 2.60. The predicted molar refractivity (Wildman–Crippen MR) is 101 cm³/mol. The summed E-state index contributed by atoms with van der Waals surface area (Å²) in [6, 6.07) is 7.25. The van der Waals surface area contributed by atoms with Crippen molar-refractivity contribution in [1.29, 1.82) is 0 Å². The quantitative estimate of drug-likeness (QED) is 0.439. The summed E-state index contributed by atoms with van der Waals surface area (Å²) in [6.07, 6.45) is 12.0. The lowest BCUT2D eigenvalue weighted by Gasteiger charge is -2.05. The van der Waals surface area contributed by atoms with Gasteiger partial charge in [-0.2, -0.15) is 0 Å². The van der Waals surface area contributed by atoms with E-state index in [0.29, 0.717) is 18.0 Å². The summed E-state index contributed by atoms with van der Waals surface area (Å²) in [5, 5.41) is 0. The highest BCUT2D eigenvalue weighted by Crippen LogP contribution is 2.17. The molecule has 134 valence electrons. The molecule has 0 aliphatic carbocycles. The Labute approximate surface area is 150 Å². The molecule has 0 fully saturated rings. The molecule has 25 heavy (non-hydrogen) atoms. The van der Waals surface area contributed by atoms with Crippen molar-refractivity contribution in [2.45, 2.75) is 58.8 Å². The maximum absolute atomic E-state index is 11.8. The molecule has 0 atom stereocenters. The first-order valence-electron chi connectivity index (χ1n) is 9.33. The van der Waals surface area contributed by atoms with Gasteiger partial charge in [0.1, 0.15) is 0 Å². The smallest absolute Gasteiger partial charge is 0.338 e.